The first-order valence-corrected chi connectivity index (χ1v) is 10.5. The van der Waals surface area contributed by atoms with Gasteiger partial charge in [0.2, 0.25) is 11.8 Å². The number of hydrogen-bond donors (Lipinski definition) is 4. The standard InChI is InChI=1S/C24H23ClN4O3/c1-2-12-26-22(30)11-13-27-24(32)21(29-23(31)18-8-3-5-9-19(18)25)14-16-15-28-20-10-6-4-7-17(16)20/h1,3-10,15,21,28H,11-14H2,(H,26,30)(H,27,32)(H,29,31). The fourth-order valence-corrected chi connectivity index (χ4v) is 3.49. The number of carbonyl (C=O) groups excluding carboxylic acids is 3. The molecule has 1 aromatic heterocycles. The van der Waals surface area contributed by atoms with Crippen LogP contribution in [0.15, 0.2) is 54.7 Å². The van der Waals surface area contributed by atoms with Crippen LogP contribution >= 0.6 is 11.6 Å². The number of aromatic amines is 1. The Morgan fingerprint density at radius 2 is 1.81 bits per heavy atom. The molecule has 3 aromatic rings. The van der Waals surface area contributed by atoms with Gasteiger partial charge >= 0.3 is 0 Å². The number of halogens is 1. The number of rotatable bonds is 9. The molecule has 0 bridgehead atoms. The molecule has 0 radical (unpaired) electrons. The maximum Gasteiger partial charge on any atom is 0.253 e. The summed E-state index contributed by atoms with van der Waals surface area (Å²) in [4.78, 5) is 40.6. The first kappa shape index (κ1) is 22.9. The van der Waals surface area contributed by atoms with E-state index in [4.69, 9.17) is 18.0 Å². The molecular formula is C24H23ClN4O3. The van der Waals surface area contributed by atoms with Crippen molar-refractivity contribution in [2.45, 2.75) is 18.9 Å². The highest BCUT2D eigenvalue weighted by molar-refractivity contribution is 6.33. The summed E-state index contributed by atoms with van der Waals surface area (Å²) in [5.41, 5.74) is 2.09. The van der Waals surface area contributed by atoms with Gasteiger partial charge in [-0.1, -0.05) is 47.9 Å². The average molecular weight is 451 g/mol. The van der Waals surface area contributed by atoms with Gasteiger partial charge in [-0.3, -0.25) is 14.4 Å². The first-order chi connectivity index (χ1) is 15.5. The summed E-state index contributed by atoms with van der Waals surface area (Å²) in [6.45, 7) is 0.242. The minimum atomic E-state index is -0.869. The third kappa shape index (κ3) is 5.90. The van der Waals surface area contributed by atoms with Crippen molar-refractivity contribution in [2.24, 2.45) is 0 Å². The molecule has 32 heavy (non-hydrogen) atoms. The minimum absolute atomic E-state index is 0.0751. The quantitative estimate of drug-likeness (QED) is 0.376. The molecule has 2 aromatic carbocycles. The first-order valence-electron chi connectivity index (χ1n) is 10.1. The number of aromatic nitrogens is 1. The molecule has 1 heterocycles. The fraction of sp³-hybridized carbons (Fsp3) is 0.208. The maximum absolute atomic E-state index is 12.9. The summed E-state index contributed by atoms with van der Waals surface area (Å²) >= 11 is 6.14. The molecule has 0 aliphatic heterocycles. The predicted molar refractivity (Wildman–Crippen MR) is 124 cm³/mol. The molecule has 0 aliphatic rings. The summed E-state index contributed by atoms with van der Waals surface area (Å²) in [6.07, 6.45) is 7.27. The zero-order valence-electron chi connectivity index (χ0n) is 17.3. The second-order valence-electron chi connectivity index (χ2n) is 7.09. The molecule has 3 rings (SSSR count). The maximum atomic E-state index is 12.9. The van der Waals surface area contributed by atoms with E-state index in [1.54, 1.807) is 24.3 Å². The van der Waals surface area contributed by atoms with Crippen LogP contribution in [-0.4, -0.2) is 41.8 Å². The van der Waals surface area contributed by atoms with E-state index in [9.17, 15) is 14.4 Å². The van der Waals surface area contributed by atoms with Gasteiger partial charge in [-0.2, -0.15) is 0 Å². The fourth-order valence-electron chi connectivity index (χ4n) is 3.27. The predicted octanol–water partition coefficient (Wildman–Crippen LogP) is 2.42. The van der Waals surface area contributed by atoms with E-state index in [1.807, 2.05) is 30.5 Å². The highest BCUT2D eigenvalue weighted by atomic mass is 35.5. The van der Waals surface area contributed by atoms with Crippen molar-refractivity contribution in [3.8, 4) is 12.3 Å². The molecule has 0 spiro atoms. The SMILES string of the molecule is C#CCNC(=O)CCNC(=O)C(Cc1c[nH]c2ccccc12)NC(=O)c1ccccc1Cl. The molecule has 1 unspecified atom stereocenters. The van der Waals surface area contributed by atoms with Gasteiger partial charge in [0.05, 0.1) is 17.1 Å². The van der Waals surface area contributed by atoms with Gasteiger partial charge in [-0.15, -0.1) is 6.42 Å². The van der Waals surface area contributed by atoms with Crippen molar-refractivity contribution in [1.82, 2.24) is 20.9 Å². The molecule has 4 N–H and O–H groups in total. The number of H-pyrrole nitrogens is 1. The lowest BCUT2D eigenvalue weighted by Gasteiger charge is -2.19. The van der Waals surface area contributed by atoms with Crippen LogP contribution < -0.4 is 16.0 Å². The van der Waals surface area contributed by atoms with Crippen LogP contribution in [0.5, 0.6) is 0 Å². The van der Waals surface area contributed by atoms with E-state index in [0.717, 1.165) is 16.5 Å². The van der Waals surface area contributed by atoms with Crippen LogP contribution in [0.25, 0.3) is 10.9 Å². The van der Waals surface area contributed by atoms with Gasteiger partial charge in [0, 0.05) is 36.5 Å². The Bertz CT molecular complexity index is 1170. The van der Waals surface area contributed by atoms with Crippen LogP contribution in [0, 0.1) is 12.3 Å². The zero-order valence-corrected chi connectivity index (χ0v) is 18.0. The number of hydrogen-bond acceptors (Lipinski definition) is 3. The van der Waals surface area contributed by atoms with E-state index in [0.29, 0.717) is 5.02 Å². The van der Waals surface area contributed by atoms with Crippen LogP contribution in [-0.2, 0) is 16.0 Å². The number of para-hydroxylation sites is 1. The van der Waals surface area contributed by atoms with Crippen molar-refractivity contribution in [1.29, 1.82) is 0 Å². The van der Waals surface area contributed by atoms with Gasteiger partial charge in [-0.25, -0.2) is 0 Å². The number of benzene rings is 2. The van der Waals surface area contributed by atoms with Gasteiger partial charge in [0.15, 0.2) is 0 Å². The Morgan fingerprint density at radius 3 is 2.59 bits per heavy atom. The number of terminal acetylenes is 1. The van der Waals surface area contributed by atoms with E-state index in [1.165, 1.54) is 0 Å². The number of fused-ring (bicyclic) bond motifs is 1. The van der Waals surface area contributed by atoms with E-state index < -0.39 is 17.9 Å². The Balaban J connectivity index is 1.73. The van der Waals surface area contributed by atoms with Gasteiger partial charge < -0.3 is 20.9 Å². The van der Waals surface area contributed by atoms with Crippen molar-refractivity contribution in [3.05, 3.63) is 70.9 Å². The van der Waals surface area contributed by atoms with Gasteiger partial charge in [0.25, 0.3) is 5.91 Å². The molecule has 164 valence electrons. The van der Waals surface area contributed by atoms with Crippen LogP contribution in [0.3, 0.4) is 0 Å². The molecule has 1 atom stereocenters. The van der Waals surface area contributed by atoms with Crippen molar-refractivity contribution in [3.63, 3.8) is 0 Å². The number of carbonyl (C=O) groups is 3. The Hall–Kier alpha value is -3.76. The Labute approximate surface area is 190 Å². The number of nitrogens with one attached hydrogen (secondary N) is 4. The lowest BCUT2D eigenvalue weighted by atomic mass is 10.0. The molecule has 0 saturated carbocycles. The van der Waals surface area contributed by atoms with Crippen LogP contribution in [0.2, 0.25) is 5.02 Å². The molecule has 7 nitrogen and oxygen atoms in total. The summed E-state index contributed by atoms with van der Waals surface area (Å²) in [5, 5.41) is 9.28. The Morgan fingerprint density at radius 1 is 1.06 bits per heavy atom. The van der Waals surface area contributed by atoms with E-state index in [-0.39, 0.29) is 37.4 Å². The van der Waals surface area contributed by atoms with Crippen molar-refractivity contribution >= 4 is 40.2 Å². The van der Waals surface area contributed by atoms with Gasteiger partial charge in [0.1, 0.15) is 6.04 Å². The average Bonchev–Trinajstić information content (AvgIpc) is 3.20. The molecule has 0 aliphatic carbocycles. The minimum Gasteiger partial charge on any atom is -0.361 e. The highest BCUT2D eigenvalue weighted by Crippen LogP contribution is 2.20. The monoisotopic (exact) mass is 450 g/mol. The third-order valence-electron chi connectivity index (χ3n) is 4.88. The van der Waals surface area contributed by atoms with Crippen molar-refractivity contribution < 1.29 is 14.4 Å². The topological polar surface area (TPSA) is 103 Å². The molecule has 0 saturated heterocycles. The smallest absolute Gasteiger partial charge is 0.253 e. The van der Waals surface area contributed by atoms with Gasteiger partial charge in [-0.05, 0) is 23.8 Å². The molecular weight excluding hydrogens is 428 g/mol. The largest absolute Gasteiger partial charge is 0.361 e. The second-order valence-corrected chi connectivity index (χ2v) is 7.50. The lowest BCUT2D eigenvalue weighted by Crippen LogP contribution is -2.48. The van der Waals surface area contributed by atoms with E-state index >= 15 is 0 Å². The Kier molecular flexibility index (Phi) is 7.90. The number of amides is 3. The normalized spacial score (nSPS) is 11.4. The lowest BCUT2D eigenvalue weighted by molar-refractivity contribution is -0.123. The summed E-state index contributed by atoms with van der Waals surface area (Å²) < 4.78 is 0. The van der Waals surface area contributed by atoms with Crippen LogP contribution in [0.4, 0.5) is 0 Å². The molecule has 0 fully saturated rings. The van der Waals surface area contributed by atoms with Crippen molar-refractivity contribution in [2.75, 3.05) is 13.1 Å². The second kappa shape index (κ2) is 11.0. The molecule has 8 heteroatoms. The zero-order chi connectivity index (χ0) is 22.9. The summed E-state index contributed by atoms with van der Waals surface area (Å²) in [5.74, 6) is 1.19. The molecule has 3 amide bonds. The summed E-state index contributed by atoms with van der Waals surface area (Å²) in [7, 11) is 0. The highest BCUT2D eigenvalue weighted by Gasteiger charge is 2.24. The summed E-state index contributed by atoms with van der Waals surface area (Å²) in [6, 6.07) is 13.5. The van der Waals surface area contributed by atoms with Crippen LogP contribution in [0.1, 0.15) is 22.3 Å². The van der Waals surface area contributed by atoms with E-state index in [2.05, 4.69) is 26.9 Å². The third-order valence-corrected chi connectivity index (χ3v) is 5.21.